The maximum atomic E-state index is 6.28. The van der Waals surface area contributed by atoms with Crippen molar-refractivity contribution in [3.8, 4) is 0 Å². The Morgan fingerprint density at radius 2 is 1.88 bits per heavy atom. The third-order valence-electron chi connectivity index (χ3n) is 7.11. The van der Waals surface area contributed by atoms with Crippen molar-refractivity contribution in [2.75, 3.05) is 13.2 Å². The van der Waals surface area contributed by atoms with E-state index in [0.717, 1.165) is 19.6 Å². The molecule has 3 rings (SSSR count). The molecule has 0 bridgehead atoms. The molecule has 0 aromatic carbocycles. The first-order chi connectivity index (χ1) is 11.8. The molecule has 2 unspecified atom stereocenters. The van der Waals surface area contributed by atoms with Gasteiger partial charge in [0.2, 0.25) is 0 Å². The Morgan fingerprint density at radius 3 is 2.56 bits per heavy atom. The van der Waals surface area contributed by atoms with Gasteiger partial charge in [0.25, 0.3) is 0 Å². The predicted octanol–water partition coefficient (Wildman–Crippen LogP) is 6.39. The predicted molar refractivity (Wildman–Crippen MR) is 108 cm³/mol. The van der Waals surface area contributed by atoms with Gasteiger partial charge in [-0.15, -0.1) is 0 Å². The van der Waals surface area contributed by atoms with E-state index in [1.54, 1.807) is 16.3 Å². The number of hydrogen-bond donors (Lipinski definition) is 0. The summed E-state index contributed by atoms with van der Waals surface area (Å²) in [5, 5.41) is 2.13. The molecular weight excluding hydrogens is 324 g/mol. The van der Waals surface area contributed by atoms with Gasteiger partial charge in [-0.3, -0.25) is 0 Å². The molecular formula is C22H38O2Si. The topological polar surface area (TPSA) is 18.5 Å². The van der Waals surface area contributed by atoms with E-state index in [1.165, 1.54) is 44.9 Å². The van der Waals surface area contributed by atoms with Gasteiger partial charge in [0, 0.05) is 12.5 Å². The fraction of sp³-hybridized carbons (Fsp3) is 0.818. The van der Waals surface area contributed by atoms with Gasteiger partial charge < -0.3 is 9.47 Å². The summed E-state index contributed by atoms with van der Waals surface area (Å²) < 4.78 is 12.1. The van der Waals surface area contributed by atoms with Crippen molar-refractivity contribution < 1.29 is 9.47 Å². The molecule has 0 amide bonds. The molecule has 3 aliphatic rings. The van der Waals surface area contributed by atoms with Crippen LogP contribution in [0.1, 0.15) is 72.1 Å². The number of hydrogen-bond acceptors (Lipinski definition) is 2. The summed E-state index contributed by atoms with van der Waals surface area (Å²) in [5.74, 6) is 0.572. The minimum Gasteiger partial charge on any atom is -0.353 e. The molecule has 0 radical (unpaired) electrons. The second-order valence-corrected chi connectivity index (χ2v) is 15.2. The molecule has 0 aromatic heterocycles. The third-order valence-corrected chi connectivity index (χ3v) is 12.9. The molecule has 2 nitrogen and oxygen atoms in total. The Labute approximate surface area is 156 Å². The fourth-order valence-electron chi connectivity index (χ4n) is 4.45. The zero-order chi connectivity index (χ0) is 18.1. The lowest BCUT2D eigenvalue weighted by Crippen LogP contribution is -2.44. The molecule has 2 atom stereocenters. The number of ether oxygens (including phenoxy) is 2. The maximum Gasteiger partial charge on any atom is 0.157 e. The Morgan fingerprint density at radius 1 is 1.12 bits per heavy atom. The first-order valence-corrected chi connectivity index (χ1v) is 13.5. The molecule has 1 saturated heterocycles. The van der Waals surface area contributed by atoms with Gasteiger partial charge in [0.05, 0.1) is 14.7 Å². The lowest BCUT2D eigenvalue weighted by molar-refractivity contribution is -0.167. The van der Waals surface area contributed by atoms with Crippen LogP contribution in [0.5, 0.6) is 0 Å². The molecule has 0 spiro atoms. The van der Waals surface area contributed by atoms with Gasteiger partial charge in [-0.05, 0) is 62.0 Å². The highest BCUT2D eigenvalue weighted by atomic mass is 28.3. The van der Waals surface area contributed by atoms with Crippen LogP contribution in [0.2, 0.25) is 18.1 Å². The van der Waals surface area contributed by atoms with E-state index in [-0.39, 0.29) is 6.29 Å². The van der Waals surface area contributed by atoms with Gasteiger partial charge in [-0.25, -0.2) is 0 Å². The number of allylic oxidation sites excluding steroid dienone is 3. The van der Waals surface area contributed by atoms with Crippen molar-refractivity contribution in [3.63, 3.8) is 0 Å². The largest absolute Gasteiger partial charge is 0.353 e. The van der Waals surface area contributed by atoms with Crippen LogP contribution in [0.25, 0.3) is 0 Å². The Bertz CT molecular complexity index is 533. The van der Waals surface area contributed by atoms with Crippen molar-refractivity contribution in [2.24, 2.45) is 5.92 Å². The van der Waals surface area contributed by atoms with Crippen LogP contribution in [-0.2, 0) is 9.47 Å². The van der Waals surface area contributed by atoms with E-state index < -0.39 is 8.07 Å². The van der Waals surface area contributed by atoms with E-state index in [1.807, 2.05) is 0 Å². The second-order valence-electron chi connectivity index (χ2n) is 9.84. The standard InChI is InChI=1S/C22H38O2Si/c1-22(2,3)25(4,5)20-15-18-11-7-6-10-17(18)14-19(20)16-24-21-12-8-9-13-23-21/h15,19,21H,6-14,16H2,1-5H3. The maximum absolute atomic E-state index is 6.28. The molecule has 1 aliphatic heterocycles. The van der Waals surface area contributed by atoms with E-state index in [9.17, 15) is 0 Å². The summed E-state index contributed by atoms with van der Waals surface area (Å²) >= 11 is 0. The van der Waals surface area contributed by atoms with Crippen molar-refractivity contribution in [3.05, 3.63) is 22.4 Å². The quantitative estimate of drug-likeness (QED) is 0.539. The molecule has 25 heavy (non-hydrogen) atoms. The smallest absolute Gasteiger partial charge is 0.157 e. The van der Waals surface area contributed by atoms with Crippen molar-refractivity contribution in [1.29, 1.82) is 0 Å². The van der Waals surface area contributed by atoms with Crippen LogP contribution < -0.4 is 0 Å². The van der Waals surface area contributed by atoms with Crippen molar-refractivity contribution in [1.82, 2.24) is 0 Å². The highest BCUT2D eigenvalue weighted by Crippen LogP contribution is 2.48. The first kappa shape index (κ1) is 19.4. The van der Waals surface area contributed by atoms with Gasteiger partial charge in [0.15, 0.2) is 6.29 Å². The Hall–Kier alpha value is -0.383. The van der Waals surface area contributed by atoms with Gasteiger partial charge in [-0.1, -0.05) is 50.7 Å². The summed E-state index contributed by atoms with van der Waals surface area (Å²) in [6, 6.07) is 0. The Kier molecular flexibility index (Phi) is 5.97. The minimum atomic E-state index is -1.52. The van der Waals surface area contributed by atoms with E-state index in [2.05, 4.69) is 39.9 Å². The lowest BCUT2D eigenvalue weighted by atomic mass is 9.81. The molecule has 3 heteroatoms. The van der Waals surface area contributed by atoms with E-state index >= 15 is 0 Å². The number of rotatable bonds is 4. The van der Waals surface area contributed by atoms with Gasteiger partial charge in [-0.2, -0.15) is 0 Å². The molecule has 0 saturated carbocycles. The molecule has 2 aliphatic carbocycles. The van der Waals surface area contributed by atoms with Crippen LogP contribution in [0, 0.1) is 5.92 Å². The average Bonchev–Trinajstić information content (AvgIpc) is 2.59. The summed E-state index contributed by atoms with van der Waals surface area (Å²) in [6.07, 6.45) is 12.8. The van der Waals surface area contributed by atoms with Crippen LogP contribution in [-0.4, -0.2) is 27.6 Å². The summed E-state index contributed by atoms with van der Waals surface area (Å²) in [5.41, 5.74) is 3.41. The fourth-order valence-corrected chi connectivity index (χ4v) is 7.06. The van der Waals surface area contributed by atoms with Crippen molar-refractivity contribution >= 4 is 8.07 Å². The van der Waals surface area contributed by atoms with Crippen LogP contribution >= 0.6 is 0 Å². The zero-order valence-corrected chi connectivity index (χ0v) is 18.1. The van der Waals surface area contributed by atoms with Gasteiger partial charge in [0.1, 0.15) is 0 Å². The van der Waals surface area contributed by atoms with E-state index in [0.29, 0.717) is 11.0 Å². The molecule has 1 fully saturated rings. The van der Waals surface area contributed by atoms with Crippen LogP contribution in [0.4, 0.5) is 0 Å². The second kappa shape index (κ2) is 7.70. The van der Waals surface area contributed by atoms with Crippen LogP contribution in [0.3, 0.4) is 0 Å². The van der Waals surface area contributed by atoms with Gasteiger partial charge >= 0.3 is 0 Å². The highest BCUT2D eigenvalue weighted by molar-refractivity contribution is 6.86. The summed E-state index contributed by atoms with van der Waals surface area (Å²) in [6.45, 7) is 14.2. The monoisotopic (exact) mass is 362 g/mol. The highest BCUT2D eigenvalue weighted by Gasteiger charge is 2.43. The first-order valence-electron chi connectivity index (χ1n) is 10.5. The third kappa shape index (κ3) is 4.31. The van der Waals surface area contributed by atoms with E-state index in [4.69, 9.17) is 9.47 Å². The zero-order valence-electron chi connectivity index (χ0n) is 17.1. The average molecular weight is 363 g/mol. The minimum absolute atomic E-state index is 0.0381. The lowest BCUT2D eigenvalue weighted by Gasteiger charge is -2.45. The molecule has 1 heterocycles. The van der Waals surface area contributed by atoms with Crippen molar-refractivity contribution in [2.45, 2.75) is 96.6 Å². The SMILES string of the molecule is CC(C)(C)[Si](C)(C)C1=CC2=C(CCCC2)CC1COC1CCCCO1. The molecule has 0 aromatic rings. The Balaban J connectivity index is 1.79. The molecule has 142 valence electrons. The summed E-state index contributed by atoms with van der Waals surface area (Å²) in [7, 11) is -1.52. The normalized spacial score (nSPS) is 28.6. The molecule has 0 N–H and O–H groups in total. The summed E-state index contributed by atoms with van der Waals surface area (Å²) in [4.78, 5) is 0. The van der Waals surface area contributed by atoms with Crippen LogP contribution in [0.15, 0.2) is 22.4 Å².